The van der Waals surface area contributed by atoms with Gasteiger partial charge in [0, 0.05) is 15.6 Å². The molecule has 0 fully saturated rings. The fourth-order valence-corrected chi connectivity index (χ4v) is 4.71. The van der Waals surface area contributed by atoms with Crippen LogP contribution in [0.15, 0.2) is 131 Å². The van der Waals surface area contributed by atoms with Gasteiger partial charge in [-0.15, -0.1) is 0 Å². The Morgan fingerprint density at radius 1 is 0.805 bits per heavy atom. The molecule has 5 aromatic carbocycles. The monoisotopic (exact) mass is 605 g/mol. The van der Waals surface area contributed by atoms with Gasteiger partial charge in [-0.25, -0.2) is 5.43 Å². The van der Waals surface area contributed by atoms with Crippen molar-refractivity contribution in [3.63, 3.8) is 0 Å². The lowest BCUT2D eigenvalue weighted by Gasteiger charge is -2.18. The number of amides is 2. The van der Waals surface area contributed by atoms with Crippen molar-refractivity contribution < 1.29 is 14.3 Å². The van der Waals surface area contributed by atoms with Gasteiger partial charge in [-0.3, -0.25) is 9.59 Å². The number of hydrogen-bond acceptors (Lipinski definition) is 4. The molecular weight excluding hydrogens is 578 g/mol. The van der Waals surface area contributed by atoms with Crippen molar-refractivity contribution in [2.24, 2.45) is 5.10 Å². The minimum absolute atomic E-state index is 0.0163. The summed E-state index contributed by atoms with van der Waals surface area (Å²) in [4.78, 5) is 25.9. The Labute approximate surface area is 247 Å². The molecule has 0 radical (unpaired) electrons. The standard InChI is InChI=1S/C34H28BrN3O3/c35-28-18-15-24(16-19-28)23-41-32-20-17-25-9-7-8-14-29(25)30(32)22-36-38-33(39)21-31(26-10-3-1-4-11-26)37-34(40)27-12-5-2-6-13-27/h1-20,22,31H,21,23H2,(H,37,40)(H,38,39)/b36-22-/t31-/m0/s1. The highest BCUT2D eigenvalue weighted by molar-refractivity contribution is 9.10. The molecule has 2 N–H and O–H groups in total. The molecule has 0 saturated heterocycles. The minimum atomic E-state index is -0.526. The van der Waals surface area contributed by atoms with Gasteiger partial charge in [0.25, 0.3) is 5.91 Å². The molecule has 0 saturated carbocycles. The third-order valence-electron chi connectivity index (χ3n) is 6.55. The Bertz CT molecular complexity index is 1660. The zero-order valence-electron chi connectivity index (χ0n) is 22.2. The van der Waals surface area contributed by atoms with Crippen molar-refractivity contribution in [1.29, 1.82) is 0 Å². The molecule has 0 bridgehead atoms. The second kappa shape index (κ2) is 13.5. The molecule has 0 unspecified atom stereocenters. The highest BCUT2D eigenvalue weighted by atomic mass is 79.9. The van der Waals surface area contributed by atoms with Crippen LogP contribution >= 0.6 is 15.9 Å². The number of hydrazone groups is 1. The number of benzene rings is 5. The molecule has 41 heavy (non-hydrogen) atoms. The van der Waals surface area contributed by atoms with Crippen LogP contribution in [0.1, 0.15) is 39.5 Å². The van der Waals surface area contributed by atoms with Crippen LogP contribution in [0.3, 0.4) is 0 Å². The summed E-state index contributed by atoms with van der Waals surface area (Å²) in [6, 6.07) is 37.6. The van der Waals surface area contributed by atoms with Crippen molar-refractivity contribution in [3.05, 3.63) is 148 Å². The lowest BCUT2D eigenvalue weighted by atomic mass is 10.0. The Morgan fingerprint density at radius 2 is 1.49 bits per heavy atom. The van der Waals surface area contributed by atoms with Gasteiger partial charge in [0.05, 0.1) is 18.7 Å². The average Bonchev–Trinajstić information content (AvgIpc) is 3.01. The molecule has 0 aliphatic heterocycles. The first kappa shape index (κ1) is 27.8. The van der Waals surface area contributed by atoms with Crippen LogP contribution in [0, 0.1) is 0 Å². The first-order chi connectivity index (χ1) is 20.1. The molecule has 5 aromatic rings. The van der Waals surface area contributed by atoms with E-state index >= 15 is 0 Å². The van der Waals surface area contributed by atoms with Crippen LogP contribution in [0.25, 0.3) is 10.8 Å². The van der Waals surface area contributed by atoms with Crippen molar-refractivity contribution in [2.75, 3.05) is 0 Å². The van der Waals surface area contributed by atoms with Crippen molar-refractivity contribution in [3.8, 4) is 5.75 Å². The van der Waals surface area contributed by atoms with E-state index in [4.69, 9.17) is 4.74 Å². The molecule has 204 valence electrons. The summed E-state index contributed by atoms with van der Waals surface area (Å²) < 4.78 is 7.17. The molecule has 0 aliphatic carbocycles. The van der Waals surface area contributed by atoms with Gasteiger partial charge < -0.3 is 10.1 Å². The number of carbonyl (C=O) groups is 2. The molecule has 5 rings (SSSR count). The van der Waals surface area contributed by atoms with Crippen LogP contribution in [-0.2, 0) is 11.4 Å². The van der Waals surface area contributed by atoms with Crippen LogP contribution in [0.4, 0.5) is 0 Å². The van der Waals surface area contributed by atoms with Crippen molar-refractivity contribution in [1.82, 2.24) is 10.7 Å². The van der Waals surface area contributed by atoms with E-state index in [-0.39, 0.29) is 18.2 Å². The first-order valence-electron chi connectivity index (χ1n) is 13.2. The largest absolute Gasteiger partial charge is 0.488 e. The Morgan fingerprint density at radius 3 is 2.24 bits per heavy atom. The Balaban J connectivity index is 1.31. The van der Waals surface area contributed by atoms with E-state index in [1.807, 2.05) is 97.1 Å². The van der Waals surface area contributed by atoms with Gasteiger partial charge in [0.15, 0.2) is 0 Å². The molecular formula is C34H28BrN3O3. The third kappa shape index (κ3) is 7.47. The predicted molar refractivity (Wildman–Crippen MR) is 166 cm³/mol. The van der Waals surface area contributed by atoms with Crippen LogP contribution in [-0.4, -0.2) is 18.0 Å². The molecule has 0 aromatic heterocycles. The lowest BCUT2D eigenvalue weighted by Crippen LogP contribution is -2.32. The summed E-state index contributed by atoms with van der Waals surface area (Å²) in [7, 11) is 0. The van der Waals surface area contributed by atoms with Crippen LogP contribution in [0.5, 0.6) is 5.75 Å². The van der Waals surface area contributed by atoms with Crippen molar-refractivity contribution in [2.45, 2.75) is 19.1 Å². The predicted octanol–water partition coefficient (Wildman–Crippen LogP) is 7.19. The maximum Gasteiger partial charge on any atom is 0.251 e. The number of rotatable bonds is 10. The number of halogens is 1. The topological polar surface area (TPSA) is 79.8 Å². The third-order valence-corrected chi connectivity index (χ3v) is 7.08. The SMILES string of the molecule is O=C(C[C@H](NC(=O)c1ccccc1)c1ccccc1)N/N=C\c1c(OCc2ccc(Br)cc2)ccc2ccccc12. The number of hydrogen-bond donors (Lipinski definition) is 2. The summed E-state index contributed by atoms with van der Waals surface area (Å²) in [6.45, 7) is 0.388. The Hall–Kier alpha value is -4.75. The number of nitrogens with one attached hydrogen (secondary N) is 2. The van der Waals surface area contributed by atoms with Crippen LogP contribution in [0.2, 0.25) is 0 Å². The molecule has 0 spiro atoms. The van der Waals surface area contributed by atoms with Gasteiger partial charge in [-0.2, -0.15) is 5.10 Å². The van der Waals surface area contributed by atoms with Gasteiger partial charge in [-0.05, 0) is 52.2 Å². The maximum atomic E-state index is 13.0. The number of fused-ring (bicyclic) bond motifs is 1. The summed E-state index contributed by atoms with van der Waals surface area (Å²) in [5, 5.41) is 9.25. The zero-order chi connectivity index (χ0) is 28.4. The van der Waals surface area contributed by atoms with Gasteiger partial charge in [0.2, 0.25) is 5.91 Å². The van der Waals surface area contributed by atoms with E-state index in [0.717, 1.165) is 31.9 Å². The van der Waals surface area contributed by atoms with E-state index in [1.165, 1.54) is 0 Å². The molecule has 6 nitrogen and oxygen atoms in total. The Kier molecular flexibility index (Phi) is 9.19. The van der Waals surface area contributed by atoms with Crippen LogP contribution < -0.4 is 15.5 Å². The van der Waals surface area contributed by atoms with E-state index in [0.29, 0.717) is 17.9 Å². The van der Waals surface area contributed by atoms with Gasteiger partial charge in [0.1, 0.15) is 12.4 Å². The summed E-state index contributed by atoms with van der Waals surface area (Å²) in [6.07, 6.45) is 1.62. The molecule has 1 atom stereocenters. The zero-order valence-corrected chi connectivity index (χ0v) is 23.8. The molecule has 7 heteroatoms. The highest BCUT2D eigenvalue weighted by Crippen LogP contribution is 2.28. The molecule has 2 amide bonds. The summed E-state index contributed by atoms with van der Waals surface area (Å²) >= 11 is 3.46. The minimum Gasteiger partial charge on any atom is -0.488 e. The fraction of sp³-hybridized carbons (Fsp3) is 0.0882. The summed E-state index contributed by atoms with van der Waals surface area (Å²) in [5.74, 6) is 0.0713. The number of ether oxygens (including phenoxy) is 1. The van der Waals surface area contributed by atoms with Crippen molar-refractivity contribution >= 4 is 44.7 Å². The molecule has 0 aliphatic rings. The van der Waals surface area contributed by atoms with Gasteiger partial charge >= 0.3 is 0 Å². The fourth-order valence-electron chi connectivity index (χ4n) is 4.44. The molecule has 0 heterocycles. The highest BCUT2D eigenvalue weighted by Gasteiger charge is 2.19. The van der Waals surface area contributed by atoms with E-state index in [1.54, 1.807) is 30.5 Å². The normalized spacial score (nSPS) is 11.7. The lowest BCUT2D eigenvalue weighted by molar-refractivity contribution is -0.121. The average molecular weight is 607 g/mol. The summed E-state index contributed by atoms with van der Waals surface area (Å²) in [5.41, 5.74) is 5.78. The smallest absolute Gasteiger partial charge is 0.251 e. The first-order valence-corrected chi connectivity index (χ1v) is 14.0. The second-order valence-electron chi connectivity index (χ2n) is 9.41. The second-order valence-corrected chi connectivity index (χ2v) is 10.3. The van der Waals surface area contributed by atoms with Gasteiger partial charge in [-0.1, -0.05) is 107 Å². The number of nitrogens with zero attached hydrogens (tertiary/aromatic N) is 1. The van der Waals surface area contributed by atoms with E-state index in [9.17, 15) is 9.59 Å². The number of carbonyl (C=O) groups excluding carboxylic acids is 2. The van der Waals surface area contributed by atoms with E-state index in [2.05, 4.69) is 31.8 Å². The quantitative estimate of drug-likeness (QED) is 0.130. The maximum absolute atomic E-state index is 13.0. The van der Waals surface area contributed by atoms with E-state index < -0.39 is 6.04 Å².